The zero-order valence-corrected chi connectivity index (χ0v) is 16.9. The van der Waals surface area contributed by atoms with Gasteiger partial charge >= 0.3 is 148 Å². The first kappa shape index (κ1) is 17.6. The molecule has 2 saturated carbocycles. The van der Waals surface area contributed by atoms with E-state index in [2.05, 4.69) is 41.8 Å². The van der Waals surface area contributed by atoms with E-state index in [-0.39, 0.29) is 5.41 Å². The van der Waals surface area contributed by atoms with Crippen molar-refractivity contribution in [3.05, 3.63) is 35.9 Å². The van der Waals surface area contributed by atoms with Crippen molar-refractivity contribution in [1.29, 1.82) is 0 Å². The Hall–Kier alpha value is -0.262. The number of hydrogen-bond acceptors (Lipinski definition) is 1. The summed E-state index contributed by atoms with van der Waals surface area (Å²) in [5, 5.41) is 0. The maximum atomic E-state index is 6.31. The van der Waals surface area contributed by atoms with Crippen LogP contribution in [0.4, 0.5) is 0 Å². The Bertz CT molecular complexity index is 482. The summed E-state index contributed by atoms with van der Waals surface area (Å²) < 4.78 is 0.718. The molecule has 2 aliphatic carbocycles. The van der Waals surface area contributed by atoms with E-state index in [0.717, 1.165) is 16.7 Å². The van der Waals surface area contributed by atoms with Crippen LogP contribution in [0.3, 0.4) is 0 Å². The van der Waals surface area contributed by atoms with Gasteiger partial charge in [-0.1, -0.05) is 0 Å². The van der Waals surface area contributed by atoms with E-state index >= 15 is 0 Å². The van der Waals surface area contributed by atoms with Crippen LogP contribution in [0.15, 0.2) is 30.3 Å². The predicted molar refractivity (Wildman–Crippen MR) is 102 cm³/mol. The molecule has 2 heteroatoms. The van der Waals surface area contributed by atoms with Crippen LogP contribution in [-0.4, -0.2) is 21.2 Å². The molecule has 0 spiro atoms. The van der Waals surface area contributed by atoms with Crippen molar-refractivity contribution in [1.82, 2.24) is 0 Å². The summed E-state index contributed by atoms with van der Waals surface area (Å²) in [6.45, 7) is 0.816. The topological polar surface area (TPSA) is 26.0 Å². The molecule has 23 heavy (non-hydrogen) atoms. The molecule has 0 radical (unpaired) electrons. The Balaban J connectivity index is 1.75. The Morgan fingerprint density at radius 2 is 1.61 bits per heavy atom. The number of rotatable bonds is 5. The molecule has 1 nitrogen and oxygen atoms in total. The summed E-state index contributed by atoms with van der Waals surface area (Å²) in [6, 6.07) is 11.1. The Kier molecular flexibility index (Phi) is 5.59. The Morgan fingerprint density at radius 3 is 2.13 bits per heavy atom. The summed E-state index contributed by atoms with van der Waals surface area (Å²) in [6.07, 6.45) is 13.0. The van der Waals surface area contributed by atoms with Gasteiger partial charge in [0, 0.05) is 0 Å². The van der Waals surface area contributed by atoms with Gasteiger partial charge in [0.15, 0.2) is 0 Å². The number of nitrogens with two attached hydrogens (primary N) is 1. The maximum absolute atomic E-state index is 6.31. The summed E-state index contributed by atoms with van der Waals surface area (Å²) in [5.74, 6) is 1.04. The molecule has 1 aromatic carbocycles. The molecule has 0 unspecified atom stereocenters. The van der Waals surface area contributed by atoms with Crippen molar-refractivity contribution in [2.24, 2.45) is 11.7 Å². The molecule has 2 aliphatic rings. The molecule has 3 rings (SSSR count). The minimum absolute atomic E-state index is 0.255. The number of hydrogen-bond donors (Lipinski definition) is 1. The quantitative estimate of drug-likeness (QED) is 0.673. The summed E-state index contributed by atoms with van der Waals surface area (Å²) in [7, 11) is 0. The molecule has 1 aromatic rings. The minimum atomic E-state index is -0.720. The first-order valence-corrected chi connectivity index (χ1v) is 14.2. The molecular weight excluding hydrogens is 341 g/mol. The van der Waals surface area contributed by atoms with Gasteiger partial charge in [-0.05, 0) is 0 Å². The second-order valence-corrected chi connectivity index (χ2v) is 14.1. The van der Waals surface area contributed by atoms with Crippen LogP contribution in [0.5, 0.6) is 0 Å². The first-order valence-electron chi connectivity index (χ1n) is 9.53. The van der Waals surface area contributed by atoms with Crippen LogP contribution in [-0.2, 0) is 5.41 Å². The van der Waals surface area contributed by atoms with Crippen molar-refractivity contribution >= 4 is 14.7 Å². The van der Waals surface area contributed by atoms with Gasteiger partial charge in [-0.2, -0.15) is 0 Å². The third-order valence-corrected chi connectivity index (χ3v) is 12.3. The Morgan fingerprint density at radius 1 is 1.00 bits per heavy atom. The second kappa shape index (κ2) is 7.32. The molecule has 2 N–H and O–H groups in total. The van der Waals surface area contributed by atoms with E-state index in [0.29, 0.717) is 0 Å². The molecule has 0 saturated heterocycles. The zero-order chi connectivity index (χ0) is 16.3. The molecule has 0 atom stereocenters. The van der Waals surface area contributed by atoms with Crippen molar-refractivity contribution in [3.8, 4) is 0 Å². The van der Waals surface area contributed by atoms with E-state index < -0.39 is 14.7 Å². The fraction of sp³-hybridized carbons (Fsp3) is 0.714. The zero-order valence-electron chi connectivity index (χ0n) is 15.1. The van der Waals surface area contributed by atoms with Crippen molar-refractivity contribution < 1.29 is 0 Å². The third-order valence-electron chi connectivity index (χ3n) is 7.01. The van der Waals surface area contributed by atoms with Crippen molar-refractivity contribution in [3.63, 3.8) is 0 Å². The number of benzene rings is 1. The van der Waals surface area contributed by atoms with Crippen LogP contribution in [0.25, 0.3) is 0 Å². The van der Waals surface area contributed by atoms with Crippen molar-refractivity contribution in [2.45, 2.75) is 78.8 Å². The van der Waals surface area contributed by atoms with Crippen LogP contribution in [0.2, 0.25) is 15.6 Å². The molecule has 0 aromatic heterocycles. The fourth-order valence-electron chi connectivity index (χ4n) is 5.18. The first-order chi connectivity index (χ1) is 11.1. The van der Waals surface area contributed by atoms with Gasteiger partial charge in [-0.25, -0.2) is 0 Å². The van der Waals surface area contributed by atoms with Crippen LogP contribution in [0, 0.1) is 5.92 Å². The molecule has 128 valence electrons. The van der Waals surface area contributed by atoms with Gasteiger partial charge in [0.2, 0.25) is 0 Å². The summed E-state index contributed by atoms with van der Waals surface area (Å²) in [4.78, 5) is 0. The van der Waals surface area contributed by atoms with Crippen molar-refractivity contribution in [2.75, 3.05) is 6.54 Å². The standard InChI is InChI=1S/C21H34AsN/c1-22(2)21(16-18-8-6-7-9-18)14-12-20(17-23,13-15-21)19-10-4-3-5-11-19/h3-5,10-11,18H,6-9,12-17,23H2,1-2H3. The average Bonchev–Trinajstić information content (AvgIpc) is 3.09. The molecule has 2 fully saturated rings. The van der Waals surface area contributed by atoms with E-state index in [1.807, 2.05) is 0 Å². The van der Waals surface area contributed by atoms with Crippen LogP contribution >= 0.6 is 0 Å². The van der Waals surface area contributed by atoms with E-state index in [1.165, 1.54) is 63.4 Å². The summed E-state index contributed by atoms with van der Waals surface area (Å²) >= 11 is -0.720. The van der Waals surface area contributed by atoms with Gasteiger partial charge in [0.1, 0.15) is 0 Å². The summed E-state index contributed by atoms with van der Waals surface area (Å²) in [5.41, 5.74) is 13.3. The molecular formula is C21H34AsN. The monoisotopic (exact) mass is 375 g/mol. The van der Waals surface area contributed by atoms with E-state index in [9.17, 15) is 0 Å². The van der Waals surface area contributed by atoms with E-state index in [1.54, 1.807) is 0 Å². The molecule has 0 heterocycles. The molecule has 0 amide bonds. The van der Waals surface area contributed by atoms with Gasteiger partial charge < -0.3 is 0 Å². The van der Waals surface area contributed by atoms with Gasteiger partial charge in [-0.15, -0.1) is 0 Å². The average molecular weight is 375 g/mol. The predicted octanol–water partition coefficient (Wildman–Crippen LogP) is 5.53. The van der Waals surface area contributed by atoms with Crippen LogP contribution < -0.4 is 5.73 Å². The van der Waals surface area contributed by atoms with Gasteiger partial charge in [-0.3, -0.25) is 0 Å². The van der Waals surface area contributed by atoms with Gasteiger partial charge in [0.25, 0.3) is 0 Å². The SMILES string of the molecule is C[As](C)C1(CC2CCCC2)CCC(CN)(c2ccccc2)CC1. The third kappa shape index (κ3) is 3.57. The van der Waals surface area contributed by atoms with Gasteiger partial charge in [0.05, 0.1) is 0 Å². The molecule has 0 aliphatic heterocycles. The van der Waals surface area contributed by atoms with Crippen LogP contribution in [0.1, 0.15) is 63.4 Å². The molecule has 0 bridgehead atoms. The Labute approximate surface area is 147 Å². The normalized spacial score (nSPS) is 32.5. The second-order valence-electron chi connectivity index (χ2n) is 8.32. The fourth-order valence-corrected chi connectivity index (χ4v) is 8.84. The van der Waals surface area contributed by atoms with E-state index in [4.69, 9.17) is 5.73 Å².